The quantitative estimate of drug-likeness (QED) is 0.856. The molecule has 0 fully saturated rings. The number of anilines is 3. The van der Waals surface area contributed by atoms with E-state index in [2.05, 4.69) is 5.32 Å². The Morgan fingerprint density at radius 2 is 1.76 bits per heavy atom. The van der Waals surface area contributed by atoms with Gasteiger partial charge in [-0.1, -0.05) is 24.3 Å². The predicted octanol–water partition coefficient (Wildman–Crippen LogP) is 2.91. The fourth-order valence-electron chi connectivity index (χ4n) is 3.35. The minimum atomic E-state index is -0.588. The van der Waals surface area contributed by atoms with Gasteiger partial charge in [0.15, 0.2) is 5.78 Å². The molecule has 2 aromatic carbocycles. The first-order chi connectivity index (χ1) is 12.1. The molecular weight excluding hydrogens is 321 g/mol. The van der Waals surface area contributed by atoms with Gasteiger partial charge in [0.2, 0.25) is 0 Å². The standard InChI is InChI=1S/C19H16FN3O2/c1-22-14-8-4-5-9-15(14)23-11-10-16(24)17(19(22)23)18(25)21-13-7-3-2-6-12(13)20/h2-9H,10-11H2,1H3,(H,21,25). The van der Waals surface area contributed by atoms with Gasteiger partial charge in [-0.3, -0.25) is 9.59 Å². The summed E-state index contributed by atoms with van der Waals surface area (Å²) in [5.41, 5.74) is 2.02. The lowest BCUT2D eigenvalue weighted by molar-refractivity contribution is -0.120. The number of halogens is 1. The fraction of sp³-hybridized carbons (Fsp3) is 0.158. The number of nitrogens with one attached hydrogen (secondary N) is 1. The first-order valence-corrected chi connectivity index (χ1v) is 8.01. The van der Waals surface area contributed by atoms with Crippen LogP contribution in [0.1, 0.15) is 6.42 Å². The van der Waals surface area contributed by atoms with Crippen molar-refractivity contribution in [2.24, 2.45) is 0 Å². The number of carbonyl (C=O) groups is 2. The number of fused-ring (bicyclic) bond motifs is 3. The SMILES string of the molecule is CN1C2=C(C(=O)Nc3ccccc3F)C(=O)CCN2c2ccccc21. The van der Waals surface area contributed by atoms with Crippen LogP contribution in [-0.2, 0) is 9.59 Å². The van der Waals surface area contributed by atoms with Crippen LogP contribution in [0.3, 0.4) is 0 Å². The smallest absolute Gasteiger partial charge is 0.263 e. The zero-order valence-corrected chi connectivity index (χ0v) is 13.6. The van der Waals surface area contributed by atoms with E-state index in [1.165, 1.54) is 12.1 Å². The Morgan fingerprint density at radius 1 is 1.08 bits per heavy atom. The van der Waals surface area contributed by atoms with Crippen molar-refractivity contribution in [2.45, 2.75) is 6.42 Å². The second kappa shape index (κ2) is 5.73. The molecule has 25 heavy (non-hydrogen) atoms. The molecule has 0 bridgehead atoms. The molecule has 0 radical (unpaired) electrons. The Bertz CT molecular complexity index is 922. The Hall–Kier alpha value is -3.15. The lowest BCUT2D eigenvalue weighted by Gasteiger charge is -2.29. The average molecular weight is 337 g/mol. The summed E-state index contributed by atoms with van der Waals surface area (Å²) in [5.74, 6) is -0.815. The highest BCUT2D eigenvalue weighted by atomic mass is 19.1. The van der Waals surface area contributed by atoms with Gasteiger partial charge in [0, 0.05) is 20.0 Å². The lowest BCUT2D eigenvalue weighted by atomic mass is 10.0. The maximum absolute atomic E-state index is 13.8. The molecule has 0 unspecified atom stereocenters. The van der Waals surface area contributed by atoms with Crippen LogP contribution < -0.4 is 15.1 Å². The molecule has 2 aliphatic rings. The van der Waals surface area contributed by atoms with Crippen LogP contribution in [0.15, 0.2) is 59.9 Å². The van der Waals surface area contributed by atoms with E-state index in [1.54, 1.807) is 12.1 Å². The van der Waals surface area contributed by atoms with Crippen molar-refractivity contribution in [1.29, 1.82) is 0 Å². The number of hydrogen-bond acceptors (Lipinski definition) is 4. The summed E-state index contributed by atoms with van der Waals surface area (Å²) in [6.45, 7) is 0.520. The van der Waals surface area contributed by atoms with Crippen molar-refractivity contribution in [2.75, 3.05) is 28.7 Å². The van der Waals surface area contributed by atoms with E-state index in [0.29, 0.717) is 12.4 Å². The number of nitrogens with zero attached hydrogens (tertiary/aromatic N) is 2. The third-order valence-electron chi connectivity index (χ3n) is 4.52. The Balaban J connectivity index is 1.77. The number of para-hydroxylation sites is 3. The van der Waals surface area contributed by atoms with Gasteiger partial charge < -0.3 is 15.1 Å². The van der Waals surface area contributed by atoms with Gasteiger partial charge in [0.25, 0.3) is 5.91 Å². The summed E-state index contributed by atoms with van der Waals surface area (Å²) in [6.07, 6.45) is 0.242. The van der Waals surface area contributed by atoms with Crippen LogP contribution in [0, 0.1) is 5.82 Å². The van der Waals surface area contributed by atoms with Crippen molar-refractivity contribution in [3.8, 4) is 0 Å². The highest BCUT2D eigenvalue weighted by Gasteiger charge is 2.39. The molecular formula is C19H16FN3O2. The van der Waals surface area contributed by atoms with Crippen molar-refractivity contribution in [1.82, 2.24) is 0 Å². The first kappa shape index (κ1) is 15.4. The number of ketones is 1. The van der Waals surface area contributed by atoms with Crippen LogP contribution >= 0.6 is 0 Å². The van der Waals surface area contributed by atoms with Gasteiger partial charge in [-0.2, -0.15) is 0 Å². The molecule has 0 aliphatic carbocycles. The minimum Gasteiger partial charge on any atom is -0.328 e. The van der Waals surface area contributed by atoms with Crippen LogP contribution in [-0.4, -0.2) is 25.3 Å². The summed E-state index contributed by atoms with van der Waals surface area (Å²) in [7, 11) is 1.82. The number of rotatable bonds is 2. The largest absolute Gasteiger partial charge is 0.328 e. The lowest BCUT2D eigenvalue weighted by Crippen LogP contribution is -2.39. The highest BCUT2D eigenvalue weighted by molar-refractivity contribution is 6.25. The molecule has 1 amide bonds. The molecule has 2 aromatic rings. The van der Waals surface area contributed by atoms with Crippen molar-refractivity contribution < 1.29 is 14.0 Å². The Morgan fingerprint density at radius 3 is 2.52 bits per heavy atom. The van der Waals surface area contributed by atoms with E-state index in [-0.39, 0.29) is 23.5 Å². The van der Waals surface area contributed by atoms with Gasteiger partial charge in [-0.05, 0) is 24.3 Å². The van der Waals surface area contributed by atoms with E-state index in [1.807, 2.05) is 41.1 Å². The molecule has 5 nitrogen and oxygen atoms in total. The van der Waals surface area contributed by atoms with Crippen molar-refractivity contribution in [3.63, 3.8) is 0 Å². The maximum atomic E-state index is 13.8. The second-order valence-corrected chi connectivity index (χ2v) is 6.01. The van der Waals surface area contributed by atoms with Crippen molar-refractivity contribution >= 4 is 28.8 Å². The summed E-state index contributed by atoms with van der Waals surface area (Å²) in [6, 6.07) is 13.6. The van der Waals surface area contributed by atoms with E-state index in [4.69, 9.17) is 0 Å². The van der Waals surface area contributed by atoms with Gasteiger partial charge in [0.1, 0.15) is 17.2 Å². The van der Waals surface area contributed by atoms with E-state index in [0.717, 1.165) is 11.4 Å². The van der Waals surface area contributed by atoms with E-state index in [9.17, 15) is 14.0 Å². The molecule has 6 heteroatoms. The summed E-state index contributed by atoms with van der Waals surface area (Å²) in [5, 5.41) is 2.52. The topological polar surface area (TPSA) is 52.7 Å². The minimum absolute atomic E-state index is 0.0590. The number of carbonyl (C=O) groups excluding carboxylic acids is 2. The second-order valence-electron chi connectivity index (χ2n) is 6.01. The van der Waals surface area contributed by atoms with Gasteiger partial charge in [0.05, 0.1) is 17.1 Å². The fourth-order valence-corrected chi connectivity index (χ4v) is 3.35. The van der Waals surface area contributed by atoms with Crippen LogP contribution in [0.4, 0.5) is 21.5 Å². The Labute approximate surface area is 144 Å². The zero-order chi connectivity index (χ0) is 17.6. The first-order valence-electron chi connectivity index (χ1n) is 8.01. The van der Waals surface area contributed by atoms with Crippen LogP contribution in [0.25, 0.3) is 0 Å². The molecule has 0 saturated carbocycles. The molecule has 0 aromatic heterocycles. The van der Waals surface area contributed by atoms with Gasteiger partial charge >= 0.3 is 0 Å². The normalized spacial score (nSPS) is 16.0. The molecule has 2 aliphatic heterocycles. The number of benzene rings is 2. The monoisotopic (exact) mass is 337 g/mol. The average Bonchev–Trinajstić information content (AvgIpc) is 2.90. The molecule has 2 heterocycles. The highest BCUT2D eigenvalue weighted by Crippen LogP contribution is 2.43. The third-order valence-corrected chi connectivity index (χ3v) is 4.52. The predicted molar refractivity (Wildman–Crippen MR) is 93.9 cm³/mol. The van der Waals surface area contributed by atoms with Crippen LogP contribution in [0.2, 0.25) is 0 Å². The molecule has 0 atom stereocenters. The summed E-state index contributed by atoms with van der Waals surface area (Å²) < 4.78 is 13.8. The number of amides is 1. The summed E-state index contributed by atoms with van der Waals surface area (Å²) in [4.78, 5) is 29.0. The van der Waals surface area contributed by atoms with E-state index < -0.39 is 11.7 Å². The van der Waals surface area contributed by atoms with Crippen molar-refractivity contribution in [3.05, 3.63) is 65.7 Å². The number of hydrogen-bond donors (Lipinski definition) is 1. The third kappa shape index (κ3) is 2.38. The zero-order valence-electron chi connectivity index (χ0n) is 13.6. The summed E-state index contributed by atoms with van der Waals surface area (Å²) >= 11 is 0. The maximum Gasteiger partial charge on any atom is 0.263 e. The molecule has 0 spiro atoms. The van der Waals surface area contributed by atoms with E-state index >= 15 is 0 Å². The molecule has 0 saturated heterocycles. The van der Waals surface area contributed by atoms with Gasteiger partial charge in [-0.25, -0.2) is 4.39 Å². The number of Topliss-reactive ketones (excluding diaryl/α,β-unsaturated/α-hetero) is 1. The molecule has 4 rings (SSSR count). The van der Waals surface area contributed by atoms with Crippen LogP contribution in [0.5, 0.6) is 0 Å². The van der Waals surface area contributed by atoms with Gasteiger partial charge in [-0.15, -0.1) is 0 Å². The molecule has 1 N–H and O–H groups in total. The Kier molecular flexibility index (Phi) is 3.53. The molecule has 126 valence electrons.